The summed E-state index contributed by atoms with van der Waals surface area (Å²) in [6, 6.07) is 8.09. The second-order valence-electron chi connectivity index (χ2n) is 12.4. The summed E-state index contributed by atoms with van der Waals surface area (Å²) in [7, 11) is 0. The minimum atomic E-state index is -1.32. The molecule has 41 heavy (non-hydrogen) atoms. The number of anilines is 1. The van der Waals surface area contributed by atoms with Gasteiger partial charge in [-0.15, -0.1) is 0 Å². The molecule has 5 rings (SSSR count). The van der Waals surface area contributed by atoms with Crippen LogP contribution in [0.2, 0.25) is 10.0 Å². The summed E-state index contributed by atoms with van der Waals surface area (Å²) in [4.78, 5) is 39.9. The Morgan fingerprint density at radius 2 is 1.95 bits per heavy atom. The van der Waals surface area contributed by atoms with E-state index < -0.39 is 35.2 Å². The zero-order chi connectivity index (χ0) is 29.7. The number of hydrogen-bond donors (Lipinski definition) is 4. The van der Waals surface area contributed by atoms with Crippen molar-refractivity contribution in [2.45, 2.75) is 82.0 Å². The minimum absolute atomic E-state index is 0.0915. The number of carbonyl (C=O) groups is 3. The van der Waals surface area contributed by atoms with Crippen LogP contribution in [0.15, 0.2) is 36.4 Å². The molecule has 0 bridgehead atoms. The van der Waals surface area contributed by atoms with Crippen LogP contribution in [0, 0.1) is 11.2 Å². The Hall–Kier alpha value is -2.72. The molecule has 1 saturated carbocycles. The Labute approximate surface area is 248 Å². The van der Waals surface area contributed by atoms with Crippen LogP contribution in [0.25, 0.3) is 0 Å². The van der Waals surface area contributed by atoms with Crippen molar-refractivity contribution in [3.8, 4) is 0 Å². The van der Waals surface area contributed by atoms with Crippen LogP contribution in [0.5, 0.6) is 0 Å². The van der Waals surface area contributed by atoms with Crippen molar-refractivity contribution >= 4 is 46.7 Å². The van der Waals surface area contributed by atoms with E-state index in [4.69, 9.17) is 33.7 Å². The molecule has 2 aromatic carbocycles. The number of amides is 2. The molecule has 1 unspecified atom stereocenters. The number of esters is 1. The average Bonchev–Trinajstić information content (AvgIpc) is 3.55. The number of halogens is 3. The summed E-state index contributed by atoms with van der Waals surface area (Å²) in [6.45, 7) is 5.96. The number of carbonyl (C=O) groups excluding carboxylic acids is 3. The first-order valence-electron chi connectivity index (χ1n) is 13.9. The second kappa shape index (κ2) is 11.2. The Kier molecular flexibility index (Phi) is 8.11. The van der Waals surface area contributed by atoms with E-state index in [-0.39, 0.29) is 46.5 Å². The van der Waals surface area contributed by atoms with Crippen LogP contribution in [-0.4, -0.2) is 48.6 Å². The summed E-state index contributed by atoms with van der Waals surface area (Å²) >= 11 is 12.5. The lowest BCUT2D eigenvalue weighted by atomic mass is 9.62. The topological polar surface area (TPSA) is 123 Å². The molecule has 1 saturated heterocycles. The van der Waals surface area contributed by atoms with Gasteiger partial charge in [0.15, 0.2) is 0 Å². The zero-order valence-corrected chi connectivity index (χ0v) is 24.7. The Morgan fingerprint density at radius 1 is 1.20 bits per heavy atom. The molecule has 2 fully saturated rings. The van der Waals surface area contributed by atoms with Gasteiger partial charge in [-0.25, -0.2) is 4.39 Å². The van der Waals surface area contributed by atoms with Gasteiger partial charge >= 0.3 is 5.97 Å². The highest BCUT2D eigenvalue weighted by atomic mass is 35.5. The van der Waals surface area contributed by atoms with E-state index in [9.17, 15) is 14.4 Å². The van der Waals surface area contributed by atoms with Gasteiger partial charge < -0.3 is 26.4 Å². The van der Waals surface area contributed by atoms with Crippen molar-refractivity contribution in [3.63, 3.8) is 0 Å². The quantitative estimate of drug-likeness (QED) is 0.362. The number of nitrogens with one attached hydrogen (secondary N) is 3. The highest BCUT2D eigenvalue weighted by Gasteiger charge is 2.66. The Bertz CT molecular complexity index is 1380. The van der Waals surface area contributed by atoms with Crippen molar-refractivity contribution in [2.75, 3.05) is 11.9 Å². The number of rotatable bonds is 6. The molecule has 6 atom stereocenters. The maximum Gasteiger partial charge on any atom is 0.319 e. The number of nitrogens with two attached hydrogens (primary N) is 1. The number of benzene rings is 2. The van der Waals surface area contributed by atoms with E-state index >= 15 is 4.39 Å². The van der Waals surface area contributed by atoms with E-state index in [0.29, 0.717) is 42.0 Å². The molecular weight excluding hydrogens is 570 g/mol. The maximum atomic E-state index is 15.9. The summed E-state index contributed by atoms with van der Waals surface area (Å²) < 4.78 is 21.2. The molecule has 1 aliphatic carbocycles. The molecule has 0 radical (unpaired) electrons. The van der Waals surface area contributed by atoms with Crippen LogP contribution >= 0.6 is 23.2 Å². The van der Waals surface area contributed by atoms with Gasteiger partial charge in [-0.3, -0.25) is 14.4 Å². The van der Waals surface area contributed by atoms with E-state index in [0.717, 1.165) is 0 Å². The minimum Gasteiger partial charge on any atom is -0.461 e. The fourth-order valence-electron chi connectivity index (χ4n) is 6.86. The molecule has 5 N–H and O–H groups in total. The van der Waals surface area contributed by atoms with Crippen LogP contribution in [0.1, 0.15) is 63.5 Å². The molecule has 2 heterocycles. The average molecular weight is 606 g/mol. The smallest absolute Gasteiger partial charge is 0.319 e. The third kappa shape index (κ3) is 5.45. The maximum absolute atomic E-state index is 15.9. The van der Waals surface area contributed by atoms with Crippen molar-refractivity contribution < 1.29 is 23.5 Å². The molecule has 2 aliphatic heterocycles. The first-order chi connectivity index (χ1) is 19.3. The van der Waals surface area contributed by atoms with Gasteiger partial charge in [0.1, 0.15) is 17.3 Å². The van der Waals surface area contributed by atoms with Gasteiger partial charge in [-0.05, 0) is 54.0 Å². The molecule has 2 amide bonds. The first kappa shape index (κ1) is 29.8. The summed E-state index contributed by atoms with van der Waals surface area (Å²) in [5, 5.41) is 9.88. The van der Waals surface area contributed by atoms with E-state index in [1.807, 2.05) is 0 Å². The Morgan fingerprint density at radius 3 is 2.66 bits per heavy atom. The third-order valence-corrected chi connectivity index (χ3v) is 8.94. The zero-order valence-electron chi connectivity index (χ0n) is 23.2. The monoisotopic (exact) mass is 604 g/mol. The van der Waals surface area contributed by atoms with Crippen molar-refractivity contribution in [2.24, 2.45) is 11.1 Å². The normalized spacial score (nSPS) is 29.0. The molecule has 8 nitrogen and oxygen atoms in total. The van der Waals surface area contributed by atoms with Gasteiger partial charge in [-0.2, -0.15) is 0 Å². The SMILES string of the molecule is CC(C)(C)C[C@H]1N[C@@H](C(=O)NC2CC[C@@H](OC(=O)CN)C2)[C@H](c2cccc(Cl)c2F)[C@@]12C(=O)Nc1cc(Cl)ccc12. The number of hydrogen-bond acceptors (Lipinski definition) is 6. The van der Waals surface area contributed by atoms with Crippen molar-refractivity contribution in [1.29, 1.82) is 0 Å². The predicted molar refractivity (Wildman–Crippen MR) is 155 cm³/mol. The molecule has 1 spiro atoms. The number of ether oxygens (including phenoxy) is 1. The lowest BCUT2D eigenvalue weighted by molar-refractivity contribution is -0.146. The lowest BCUT2D eigenvalue weighted by Crippen LogP contribution is -2.49. The van der Waals surface area contributed by atoms with Crippen LogP contribution in [-0.2, 0) is 24.5 Å². The van der Waals surface area contributed by atoms with Gasteiger partial charge in [0, 0.05) is 35.1 Å². The van der Waals surface area contributed by atoms with E-state index in [1.165, 1.54) is 6.07 Å². The fourth-order valence-corrected chi connectivity index (χ4v) is 7.21. The van der Waals surface area contributed by atoms with Crippen LogP contribution in [0.3, 0.4) is 0 Å². The van der Waals surface area contributed by atoms with Gasteiger partial charge in [-0.1, -0.05) is 62.2 Å². The molecule has 220 valence electrons. The predicted octanol–water partition coefficient (Wildman–Crippen LogP) is 4.42. The summed E-state index contributed by atoms with van der Waals surface area (Å²) in [6.07, 6.45) is 1.82. The molecule has 11 heteroatoms. The summed E-state index contributed by atoms with van der Waals surface area (Å²) in [5.41, 5.74) is 5.19. The van der Waals surface area contributed by atoms with Crippen LogP contribution in [0.4, 0.5) is 10.1 Å². The highest BCUT2D eigenvalue weighted by molar-refractivity contribution is 6.31. The second-order valence-corrected chi connectivity index (χ2v) is 13.3. The lowest BCUT2D eigenvalue weighted by Gasteiger charge is -2.37. The number of fused-ring (bicyclic) bond motifs is 2. The van der Waals surface area contributed by atoms with Gasteiger partial charge in [0.25, 0.3) is 0 Å². The van der Waals surface area contributed by atoms with Crippen molar-refractivity contribution in [1.82, 2.24) is 10.6 Å². The molecule has 2 aromatic rings. The first-order valence-corrected chi connectivity index (χ1v) is 14.6. The molecular formula is C30H35Cl2FN4O4. The van der Waals surface area contributed by atoms with E-state index in [1.54, 1.807) is 30.3 Å². The highest BCUT2D eigenvalue weighted by Crippen LogP contribution is 2.57. The Balaban J connectivity index is 1.59. The third-order valence-electron chi connectivity index (χ3n) is 8.42. The summed E-state index contributed by atoms with van der Waals surface area (Å²) in [5.74, 6) is -2.78. The van der Waals surface area contributed by atoms with Crippen molar-refractivity contribution in [3.05, 3.63) is 63.4 Å². The molecule has 0 aromatic heterocycles. The van der Waals surface area contributed by atoms with Gasteiger partial charge in [0.2, 0.25) is 11.8 Å². The fraction of sp³-hybridized carbons (Fsp3) is 0.500. The van der Waals surface area contributed by atoms with Gasteiger partial charge in [0.05, 0.1) is 17.6 Å². The molecule has 3 aliphatic rings. The van der Waals surface area contributed by atoms with Crippen LogP contribution < -0.4 is 21.7 Å². The standard InChI is InChI=1S/C30H35Cl2FN4O4/c1-29(2,3)13-22-30(19-10-7-15(31)11-21(19)36-28(30)40)24(18-5-4-6-20(32)25(18)33)26(37-22)27(39)35-16-8-9-17(12-16)41-23(38)14-34/h4-7,10-11,16-17,22,24,26,37H,8-9,12-14,34H2,1-3H3,(H,35,39)(H,36,40)/t16?,17-,22-,24+,26-,30+/m1/s1. The van der Waals surface area contributed by atoms with E-state index in [2.05, 4.69) is 36.7 Å². The largest absolute Gasteiger partial charge is 0.461 e.